The number of nitrogens with zero attached hydrogens (tertiary/aromatic N) is 1. The topological polar surface area (TPSA) is 55.7 Å². The van der Waals surface area contributed by atoms with Crippen molar-refractivity contribution in [2.24, 2.45) is 5.18 Å². The third-order valence-electron chi connectivity index (χ3n) is 2.80. The largest absolute Gasteiger partial charge is 0.497 e. The number of ketones is 1. The van der Waals surface area contributed by atoms with Crippen LogP contribution in [0.1, 0.15) is 15.9 Å². The molecule has 2 rings (SSSR count). The second-order valence-electron chi connectivity index (χ2n) is 4.11. The summed E-state index contributed by atoms with van der Waals surface area (Å²) >= 11 is 0. The summed E-state index contributed by atoms with van der Waals surface area (Å²) in [6, 6.07) is 13.6. The van der Waals surface area contributed by atoms with Crippen molar-refractivity contribution < 1.29 is 9.53 Å². The van der Waals surface area contributed by atoms with Gasteiger partial charge in [-0.05, 0) is 53.2 Å². The summed E-state index contributed by atoms with van der Waals surface area (Å²) in [7, 11) is 1.58. The molecule has 2 aromatic rings. The third kappa shape index (κ3) is 3.38. The second-order valence-corrected chi connectivity index (χ2v) is 4.11. The van der Waals surface area contributed by atoms with Gasteiger partial charge < -0.3 is 4.74 Å². The zero-order valence-corrected chi connectivity index (χ0v) is 10.9. The van der Waals surface area contributed by atoms with Crippen LogP contribution in [-0.2, 0) is 0 Å². The van der Waals surface area contributed by atoms with Crippen LogP contribution in [0.25, 0.3) is 6.08 Å². The fourth-order valence-corrected chi connectivity index (χ4v) is 1.67. The molecule has 0 amide bonds. The molecule has 100 valence electrons. The van der Waals surface area contributed by atoms with Gasteiger partial charge in [-0.25, -0.2) is 0 Å². The van der Waals surface area contributed by atoms with Crippen molar-refractivity contribution in [1.82, 2.24) is 0 Å². The second kappa shape index (κ2) is 6.43. The van der Waals surface area contributed by atoms with E-state index in [9.17, 15) is 9.70 Å². The van der Waals surface area contributed by atoms with Gasteiger partial charge in [-0.2, -0.15) is 0 Å². The molecule has 0 atom stereocenters. The molecule has 0 aliphatic carbocycles. The van der Waals surface area contributed by atoms with Crippen molar-refractivity contribution in [3.63, 3.8) is 0 Å². The van der Waals surface area contributed by atoms with E-state index in [1.807, 2.05) is 0 Å². The lowest BCUT2D eigenvalue weighted by atomic mass is 10.1. The van der Waals surface area contributed by atoms with Gasteiger partial charge in [0.05, 0.1) is 7.11 Å². The van der Waals surface area contributed by atoms with Crippen LogP contribution in [-0.4, -0.2) is 12.9 Å². The highest BCUT2D eigenvalue weighted by molar-refractivity contribution is 6.06. The zero-order chi connectivity index (χ0) is 14.4. The Labute approximate surface area is 116 Å². The number of nitroso groups, excluding NO2 is 1. The number of benzene rings is 2. The van der Waals surface area contributed by atoms with Crippen molar-refractivity contribution in [3.8, 4) is 5.75 Å². The first-order valence-corrected chi connectivity index (χ1v) is 6.03. The Kier molecular flexibility index (Phi) is 4.39. The molecule has 0 fully saturated rings. The van der Waals surface area contributed by atoms with Gasteiger partial charge in [0.1, 0.15) is 11.4 Å². The van der Waals surface area contributed by atoms with Gasteiger partial charge in [0.15, 0.2) is 5.78 Å². The predicted octanol–water partition coefficient (Wildman–Crippen LogP) is 3.99. The van der Waals surface area contributed by atoms with Crippen LogP contribution in [0.15, 0.2) is 59.8 Å². The molecule has 0 N–H and O–H groups in total. The van der Waals surface area contributed by atoms with Gasteiger partial charge in [0.25, 0.3) is 0 Å². The third-order valence-corrected chi connectivity index (χ3v) is 2.80. The maximum atomic E-state index is 11.9. The molecule has 4 heteroatoms. The normalized spacial score (nSPS) is 10.4. The standard InChI is InChI=1S/C16H13NO3/c1-20-15-9-5-13(6-10-15)16(18)11-4-12-2-7-14(17-19)8-3-12/h2-11H,1H3/b11-4+. The highest BCUT2D eigenvalue weighted by Crippen LogP contribution is 2.15. The van der Waals surface area contributed by atoms with E-state index in [1.165, 1.54) is 6.08 Å². The van der Waals surface area contributed by atoms with Gasteiger partial charge in [-0.15, -0.1) is 4.91 Å². The molecular weight excluding hydrogens is 254 g/mol. The van der Waals surface area contributed by atoms with Gasteiger partial charge in [0, 0.05) is 5.56 Å². The first kappa shape index (κ1) is 13.7. The van der Waals surface area contributed by atoms with Crippen LogP contribution in [0.5, 0.6) is 5.75 Å². The molecule has 0 radical (unpaired) electrons. The number of carbonyl (C=O) groups is 1. The highest BCUT2D eigenvalue weighted by atomic mass is 16.5. The Morgan fingerprint density at radius 1 is 1.05 bits per heavy atom. The number of hydrogen-bond donors (Lipinski definition) is 0. The average Bonchev–Trinajstić information content (AvgIpc) is 2.53. The van der Waals surface area contributed by atoms with E-state index in [4.69, 9.17) is 4.74 Å². The van der Waals surface area contributed by atoms with E-state index in [-0.39, 0.29) is 5.78 Å². The maximum absolute atomic E-state index is 11.9. The lowest BCUT2D eigenvalue weighted by Crippen LogP contribution is -1.94. The SMILES string of the molecule is COc1ccc(C(=O)/C=C/c2ccc(N=O)cc2)cc1. The summed E-state index contributed by atoms with van der Waals surface area (Å²) in [6.45, 7) is 0. The molecule has 0 aliphatic heterocycles. The van der Waals surface area contributed by atoms with Crippen LogP contribution in [0.4, 0.5) is 5.69 Å². The molecular formula is C16H13NO3. The fourth-order valence-electron chi connectivity index (χ4n) is 1.67. The van der Waals surface area contributed by atoms with Crippen molar-refractivity contribution in [2.75, 3.05) is 7.11 Å². The minimum atomic E-state index is -0.0924. The molecule has 20 heavy (non-hydrogen) atoms. The average molecular weight is 267 g/mol. The number of allylic oxidation sites excluding steroid dienone is 1. The highest BCUT2D eigenvalue weighted by Gasteiger charge is 2.01. The van der Waals surface area contributed by atoms with Gasteiger partial charge >= 0.3 is 0 Å². The summed E-state index contributed by atoms with van der Waals surface area (Å²) in [4.78, 5) is 22.2. The lowest BCUT2D eigenvalue weighted by Gasteiger charge is -2.00. The van der Waals surface area contributed by atoms with Gasteiger partial charge in [-0.3, -0.25) is 4.79 Å². The molecule has 0 aliphatic rings. The first-order chi connectivity index (χ1) is 9.72. The van der Waals surface area contributed by atoms with Crippen molar-refractivity contribution in [1.29, 1.82) is 0 Å². The Balaban J connectivity index is 2.08. The summed E-state index contributed by atoms with van der Waals surface area (Å²) in [5.41, 5.74) is 1.79. The van der Waals surface area contributed by atoms with E-state index in [2.05, 4.69) is 5.18 Å². The predicted molar refractivity (Wildman–Crippen MR) is 78.3 cm³/mol. The summed E-state index contributed by atoms with van der Waals surface area (Å²) in [5, 5.41) is 2.82. The lowest BCUT2D eigenvalue weighted by molar-refractivity contribution is 0.104. The van der Waals surface area contributed by atoms with Gasteiger partial charge in [-0.1, -0.05) is 18.2 Å². The smallest absolute Gasteiger partial charge is 0.185 e. The molecule has 0 aromatic heterocycles. The summed E-state index contributed by atoms with van der Waals surface area (Å²) < 4.78 is 5.04. The van der Waals surface area contributed by atoms with E-state index in [1.54, 1.807) is 61.7 Å². The minimum absolute atomic E-state index is 0.0924. The molecule has 0 saturated carbocycles. The van der Waals surface area contributed by atoms with Crippen molar-refractivity contribution in [3.05, 3.63) is 70.6 Å². The Morgan fingerprint density at radius 2 is 1.70 bits per heavy atom. The van der Waals surface area contributed by atoms with Crippen molar-refractivity contribution in [2.45, 2.75) is 0 Å². The van der Waals surface area contributed by atoms with Crippen LogP contribution in [0, 0.1) is 4.91 Å². The van der Waals surface area contributed by atoms with Crippen LogP contribution in [0.3, 0.4) is 0 Å². The van der Waals surface area contributed by atoms with E-state index < -0.39 is 0 Å². The van der Waals surface area contributed by atoms with E-state index in [0.29, 0.717) is 17.0 Å². The fraction of sp³-hybridized carbons (Fsp3) is 0.0625. The molecule has 2 aromatic carbocycles. The monoisotopic (exact) mass is 267 g/mol. The number of carbonyl (C=O) groups excluding carboxylic acids is 1. The number of rotatable bonds is 5. The zero-order valence-electron chi connectivity index (χ0n) is 10.9. The van der Waals surface area contributed by atoms with Crippen molar-refractivity contribution >= 4 is 17.5 Å². The molecule has 0 saturated heterocycles. The molecule has 0 bridgehead atoms. The quantitative estimate of drug-likeness (QED) is 0.467. The van der Waals surface area contributed by atoms with Crippen LogP contribution < -0.4 is 4.74 Å². The number of methoxy groups -OCH3 is 1. The Hall–Kier alpha value is -2.75. The van der Waals surface area contributed by atoms with Gasteiger partial charge in [0.2, 0.25) is 0 Å². The van der Waals surface area contributed by atoms with E-state index >= 15 is 0 Å². The van der Waals surface area contributed by atoms with E-state index in [0.717, 1.165) is 5.56 Å². The molecule has 0 spiro atoms. The minimum Gasteiger partial charge on any atom is -0.497 e. The maximum Gasteiger partial charge on any atom is 0.185 e. The molecule has 0 heterocycles. The van der Waals surface area contributed by atoms with Crippen LogP contribution in [0.2, 0.25) is 0 Å². The number of hydrogen-bond acceptors (Lipinski definition) is 4. The molecule has 4 nitrogen and oxygen atoms in total. The molecule has 0 unspecified atom stereocenters. The summed E-state index contributed by atoms with van der Waals surface area (Å²) in [5.74, 6) is 0.618. The summed E-state index contributed by atoms with van der Waals surface area (Å²) in [6.07, 6.45) is 3.19. The van der Waals surface area contributed by atoms with Crippen LogP contribution >= 0.6 is 0 Å². The first-order valence-electron chi connectivity index (χ1n) is 6.03. The number of ether oxygens (including phenoxy) is 1. The Morgan fingerprint density at radius 3 is 2.25 bits per heavy atom. The Bertz CT molecular complexity index is 628.